The Hall–Kier alpha value is -1.06. The molecule has 0 spiro atoms. The fraction of sp³-hybridized carbons (Fsp3) is 0.800. The number of nitrogens with one attached hydrogen (secondary N) is 1. The molecule has 1 saturated heterocycles. The molecular weight excluding hydrogens is 180 g/mol. The van der Waals surface area contributed by atoms with Gasteiger partial charge in [-0.05, 0) is 25.7 Å². The fourth-order valence-corrected chi connectivity index (χ4v) is 1.79. The van der Waals surface area contributed by atoms with E-state index in [0.29, 0.717) is 18.9 Å². The molecular formula is C10H16N2O2. The zero-order valence-electron chi connectivity index (χ0n) is 8.45. The Kier molecular flexibility index (Phi) is 2.44. The van der Waals surface area contributed by atoms with Crippen molar-refractivity contribution in [1.29, 1.82) is 0 Å². The lowest BCUT2D eigenvalue weighted by atomic mass is 10.2. The van der Waals surface area contributed by atoms with E-state index in [1.165, 1.54) is 12.8 Å². The van der Waals surface area contributed by atoms with Gasteiger partial charge in [-0.15, -0.1) is 0 Å². The summed E-state index contributed by atoms with van der Waals surface area (Å²) in [5.74, 6) is 0.756. The number of nitrogens with zero attached hydrogens (tertiary/aromatic N) is 1. The highest BCUT2D eigenvalue weighted by molar-refractivity contribution is 5.89. The Labute approximate surface area is 83.6 Å². The van der Waals surface area contributed by atoms with Crippen LogP contribution in [0, 0.1) is 5.92 Å². The maximum atomic E-state index is 11.8. The lowest BCUT2D eigenvalue weighted by Crippen LogP contribution is -2.43. The molecule has 2 amide bonds. The fourth-order valence-electron chi connectivity index (χ4n) is 1.79. The highest BCUT2D eigenvalue weighted by Gasteiger charge is 2.31. The van der Waals surface area contributed by atoms with E-state index in [1.54, 1.807) is 6.92 Å². The van der Waals surface area contributed by atoms with Crippen molar-refractivity contribution < 1.29 is 9.59 Å². The van der Waals surface area contributed by atoms with Crippen molar-refractivity contribution in [3.05, 3.63) is 0 Å². The van der Waals surface area contributed by atoms with Gasteiger partial charge < -0.3 is 10.2 Å². The third-order valence-corrected chi connectivity index (χ3v) is 2.84. The third kappa shape index (κ3) is 2.05. The first-order chi connectivity index (χ1) is 6.66. The molecule has 14 heavy (non-hydrogen) atoms. The Morgan fingerprint density at radius 2 is 2.14 bits per heavy atom. The van der Waals surface area contributed by atoms with Crippen LogP contribution in [0.4, 0.5) is 0 Å². The van der Waals surface area contributed by atoms with Gasteiger partial charge >= 0.3 is 0 Å². The van der Waals surface area contributed by atoms with Gasteiger partial charge in [0, 0.05) is 19.5 Å². The minimum absolute atomic E-state index is 0.0100. The average Bonchev–Trinajstić information content (AvgIpc) is 2.93. The number of rotatable bonds is 2. The van der Waals surface area contributed by atoms with Gasteiger partial charge in [-0.2, -0.15) is 0 Å². The molecule has 0 bridgehead atoms. The van der Waals surface area contributed by atoms with Crippen molar-refractivity contribution in [3.8, 4) is 0 Å². The van der Waals surface area contributed by atoms with Crippen LogP contribution < -0.4 is 5.32 Å². The smallest absolute Gasteiger partial charge is 0.244 e. The van der Waals surface area contributed by atoms with Crippen molar-refractivity contribution in [2.45, 2.75) is 32.2 Å². The highest BCUT2D eigenvalue weighted by Crippen LogP contribution is 2.30. The van der Waals surface area contributed by atoms with Crippen molar-refractivity contribution in [2.24, 2.45) is 5.92 Å². The zero-order chi connectivity index (χ0) is 10.1. The van der Waals surface area contributed by atoms with E-state index in [0.717, 1.165) is 6.54 Å². The van der Waals surface area contributed by atoms with Gasteiger partial charge in [-0.1, -0.05) is 0 Å². The molecule has 0 aromatic rings. The molecule has 1 aliphatic heterocycles. The van der Waals surface area contributed by atoms with Crippen molar-refractivity contribution in [1.82, 2.24) is 10.2 Å². The molecule has 1 saturated carbocycles. The second kappa shape index (κ2) is 3.59. The van der Waals surface area contributed by atoms with E-state index in [4.69, 9.17) is 0 Å². The molecule has 4 heteroatoms. The van der Waals surface area contributed by atoms with Crippen molar-refractivity contribution in [2.75, 3.05) is 13.1 Å². The van der Waals surface area contributed by atoms with Crippen LogP contribution in [0.3, 0.4) is 0 Å². The van der Waals surface area contributed by atoms with Crippen molar-refractivity contribution >= 4 is 11.8 Å². The van der Waals surface area contributed by atoms with Crippen LogP contribution in [0.25, 0.3) is 0 Å². The molecule has 0 aromatic heterocycles. The molecule has 2 fully saturated rings. The summed E-state index contributed by atoms with van der Waals surface area (Å²) in [5, 5.41) is 2.68. The molecule has 1 N–H and O–H groups in total. The van der Waals surface area contributed by atoms with Gasteiger partial charge in [0.15, 0.2) is 0 Å². The van der Waals surface area contributed by atoms with Gasteiger partial charge in [0.1, 0.15) is 6.04 Å². The highest BCUT2D eigenvalue weighted by atomic mass is 16.2. The molecule has 78 valence electrons. The number of carbonyl (C=O) groups is 2. The molecule has 2 rings (SSSR count). The molecule has 0 aromatic carbocycles. The lowest BCUT2D eigenvalue weighted by molar-refractivity contribution is -0.133. The van der Waals surface area contributed by atoms with Gasteiger partial charge in [0.05, 0.1) is 0 Å². The average molecular weight is 196 g/mol. The van der Waals surface area contributed by atoms with E-state index in [9.17, 15) is 9.59 Å². The number of amides is 2. The summed E-state index contributed by atoms with van der Waals surface area (Å²) in [6.45, 7) is 3.19. The number of hydrogen-bond donors (Lipinski definition) is 1. The van der Waals surface area contributed by atoms with Gasteiger partial charge in [0.25, 0.3) is 0 Å². The van der Waals surface area contributed by atoms with Crippen molar-refractivity contribution in [3.63, 3.8) is 0 Å². The lowest BCUT2D eigenvalue weighted by Gasteiger charge is -2.21. The Morgan fingerprint density at radius 1 is 1.43 bits per heavy atom. The quantitative estimate of drug-likeness (QED) is 0.682. The molecule has 4 nitrogen and oxygen atoms in total. The Balaban J connectivity index is 1.99. The normalized spacial score (nSPS) is 28.6. The van der Waals surface area contributed by atoms with E-state index in [-0.39, 0.29) is 17.9 Å². The molecule has 1 aliphatic carbocycles. The third-order valence-electron chi connectivity index (χ3n) is 2.84. The van der Waals surface area contributed by atoms with Crippen LogP contribution in [0.5, 0.6) is 0 Å². The maximum absolute atomic E-state index is 11.8. The molecule has 1 unspecified atom stereocenters. The topological polar surface area (TPSA) is 49.4 Å². The first kappa shape index (κ1) is 9.49. The predicted molar refractivity (Wildman–Crippen MR) is 51.5 cm³/mol. The van der Waals surface area contributed by atoms with Gasteiger partial charge in [-0.25, -0.2) is 0 Å². The Morgan fingerprint density at radius 3 is 2.79 bits per heavy atom. The first-order valence-corrected chi connectivity index (χ1v) is 5.25. The predicted octanol–water partition coefficient (Wildman–Crippen LogP) is 0.133. The summed E-state index contributed by atoms with van der Waals surface area (Å²) < 4.78 is 0. The maximum Gasteiger partial charge on any atom is 0.244 e. The monoisotopic (exact) mass is 196 g/mol. The zero-order valence-corrected chi connectivity index (χ0v) is 8.45. The number of carbonyl (C=O) groups excluding carboxylic acids is 2. The Bertz CT molecular complexity index is 261. The second-order valence-electron chi connectivity index (χ2n) is 4.27. The van der Waals surface area contributed by atoms with Crippen LogP contribution >= 0.6 is 0 Å². The molecule has 1 heterocycles. The van der Waals surface area contributed by atoms with E-state index < -0.39 is 0 Å². The van der Waals surface area contributed by atoms with E-state index >= 15 is 0 Å². The van der Waals surface area contributed by atoms with E-state index in [2.05, 4.69) is 5.32 Å². The number of hydrogen-bond acceptors (Lipinski definition) is 2. The first-order valence-electron chi connectivity index (χ1n) is 5.25. The standard InChI is InChI=1S/C10H16N2O2/c1-7-10(14)12(6-8-2-3-8)5-4-9(13)11-7/h7-8H,2-6H2,1H3,(H,11,13). The van der Waals surface area contributed by atoms with Crippen LogP contribution in [0.2, 0.25) is 0 Å². The van der Waals surface area contributed by atoms with Crippen LogP contribution in [-0.4, -0.2) is 35.8 Å². The van der Waals surface area contributed by atoms with Crippen LogP contribution in [0.1, 0.15) is 26.2 Å². The molecule has 2 aliphatic rings. The SMILES string of the molecule is CC1NC(=O)CCN(CC2CC2)C1=O. The van der Waals surface area contributed by atoms with Crippen LogP contribution in [-0.2, 0) is 9.59 Å². The molecule has 0 radical (unpaired) electrons. The summed E-state index contributed by atoms with van der Waals surface area (Å²) in [5.41, 5.74) is 0. The van der Waals surface area contributed by atoms with Crippen LogP contribution in [0.15, 0.2) is 0 Å². The minimum atomic E-state index is -0.344. The summed E-state index contributed by atoms with van der Waals surface area (Å²) in [7, 11) is 0. The second-order valence-corrected chi connectivity index (χ2v) is 4.27. The summed E-state index contributed by atoms with van der Waals surface area (Å²) in [6, 6.07) is -0.344. The summed E-state index contributed by atoms with van der Waals surface area (Å²) in [4.78, 5) is 24.8. The van der Waals surface area contributed by atoms with Gasteiger partial charge in [-0.3, -0.25) is 9.59 Å². The minimum Gasteiger partial charge on any atom is -0.345 e. The van der Waals surface area contributed by atoms with Gasteiger partial charge in [0.2, 0.25) is 11.8 Å². The van der Waals surface area contributed by atoms with E-state index in [1.807, 2.05) is 4.90 Å². The summed E-state index contributed by atoms with van der Waals surface area (Å²) >= 11 is 0. The largest absolute Gasteiger partial charge is 0.345 e. The molecule has 1 atom stereocenters. The summed E-state index contributed by atoms with van der Waals surface area (Å²) in [6.07, 6.45) is 2.92.